The van der Waals surface area contributed by atoms with Crippen LogP contribution in [0.2, 0.25) is 0 Å². The second kappa shape index (κ2) is 11.0. The molecule has 1 saturated heterocycles. The Labute approximate surface area is 205 Å². The molecule has 4 rings (SSSR count). The number of aromatic nitrogens is 2. The van der Waals surface area contributed by atoms with Gasteiger partial charge in [-0.1, -0.05) is 12.8 Å². The Morgan fingerprint density at radius 1 is 1.25 bits per heavy atom. The van der Waals surface area contributed by atoms with E-state index in [0.29, 0.717) is 23.4 Å². The van der Waals surface area contributed by atoms with Gasteiger partial charge in [0.25, 0.3) is 0 Å². The highest BCUT2D eigenvalue weighted by Gasteiger charge is 2.35. The van der Waals surface area contributed by atoms with Gasteiger partial charge in [0.05, 0.1) is 11.4 Å². The van der Waals surface area contributed by atoms with Crippen LogP contribution in [0, 0.1) is 29.0 Å². The minimum absolute atomic E-state index is 0. The topological polar surface area (TPSA) is 95.3 Å². The third-order valence-electron chi connectivity index (χ3n) is 6.54. The maximum Gasteiger partial charge on any atom is 0.193 e. The zero-order valence-electron chi connectivity index (χ0n) is 18.4. The summed E-state index contributed by atoms with van der Waals surface area (Å²) >= 11 is 0. The average molecular weight is 551 g/mol. The summed E-state index contributed by atoms with van der Waals surface area (Å²) < 4.78 is 14.7. The van der Waals surface area contributed by atoms with Crippen molar-refractivity contribution in [3.63, 3.8) is 0 Å². The molecule has 1 saturated carbocycles. The summed E-state index contributed by atoms with van der Waals surface area (Å²) in [6, 6.07) is 8.07. The molecule has 3 N–H and O–H groups in total. The number of likely N-dealkylation sites (tertiary alicyclic amines) is 1. The van der Waals surface area contributed by atoms with Gasteiger partial charge in [-0.3, -0.25) is 4.99 Å². The Balaban J connectivity index is 0.00000289. The molecule has 2 heterocycles. The van der Waals surface area contributed by atoms with Crippen LogP contribution in [0.5, 0.6) is 0 Å². The van der Waals surface area contributed by atoms with E-state index < -0.39 is 0 Å². The highest BCUT2D eigenvalue weighted by Crippen LogP contribution is 2.35. The van der Waals surface area contributed by atoms with Gasteiger partial charge in [0.15, 0.2) is 5.96 Å². The number of rotatable bonds is 5. The number of nitrogen functional groups attached to an aromatic ring is 1. The molecule has 2 aliphatic rings. The second-order valence-electron chi connectivity index (χ2n) is 8.49. The molecule has 172 valence electrons. The van der Waals surface area contributed by atoms with Gasteiger partial charge in [-0.25, -0.2) is 9.07 Å². The SMILES string of the molecule is CN=C(NCCCc1nn(-c2ccc(F)cc2)c(N)c1C#N)N1CC2CCCCC2C1.I. The monoisotopic (exact) mass is 551 g/mol. The molecule has 0 spiro atoms. The highest BCUT2D eigenvalue weighted by atomic mass is 127. The van der Waals surface area contributed by atoms with Gasteiger partial charge in [-0.05, 0) is 61.8 Å². The highest BCUT2D eigenvalue weighted by molar-refractivity contribution is 14.0. The summed E-state index contributed by atoms with van der Waals surface area (Å²) in [6.45, 7) is 2.94. The van der Waals surface area contributed by atoms with Gasteiger partial charge in [-0.2, -0.15) is 10.4 Å². The zero-order valence-corrected chi connectivity index (χ0v) is 20.8. The molecular formula is C23H31FIN7. The molecule has 0 amide bonds. The van der Waals surface area contributed by atoms with Crippen LogP contribution in [0.15, 0.2) is 29.3 Å². The molecule has 1 aliphatic carbocycles. The molecular weight excluding hydrogens is 520 g/mol. The fraction of sp³-hybridized carbons (Fsp3) is 0.522. The van der Waals surface area contributed by atoms with E-state index >= 15 is 0 Å². The number of nitrogens with zero attached hydrogens (tertiary/aromatic N) is 5. The number of anilines is 1. The van der Waals surface area contributed by atoms with Crippen molar-refractivity contribution < 1.29 is 4.39 Å². The number of nitrogens with two attached hydrogens (primary N) is 1. The van der Waals surface area contributed by atoms with Gasteiger partial charge in [0.2, 0.25) is 0 Å². The summed E-state index contributed by atoms with van der Waals surface area (Å²) in [4.78, 5) is 6.87. The zero-order chi connectivity index (χ0) is 21.8. The predicted octanol–water partition coefficient (Wildman–Crippen LogP) is 3.71. The summed E-state index contributed by atoms with van der Waals surface area (Å²) in [5.74, 6) is 2.54. The Morgan fingerprint density at radius 3 is 2.50 bits per heavy atom. The van der Waals surface area contributed by atoms with E-state index in [-0.39, 0.29) is 35.6 Å². The van der Waals surface area contributed by atoms with E-state index in [1.165, 1.54) is 42.5 Å². The number of benzene rings is 1. The number of nitriles is 1. The number of guanidine groups is 1. The Hall–Kier alpha value is -2.35. The van der Waals surface area contributed by atoms with Crippen molar-refractivity contribution in [1.82, 2.24) is 20.0 Å². The first-order valence-electron chi connectivity index (χ1n) is 11.1. The summed E-state index contributed by atoms with van der Waals surface area (Å²) in [6.07, 6.45) is 6.82. The summed E-state index contributed by atoms with van der Waals surface area (Å²) in [5.41, 5.74) is 7.82. The van der Waals surface area contributed by atoms with E-state index in [1.807, 2.05) is 7.05 Å². The lowest BCUT2D eigenvalue weighted by Gasteiger charge is -2.22. The normalized spacial score (nSPS) is 20.4. The van der Waals surface area contributed by atoms with E-state index in [4.69, 9.17) is 5.73 Å². The quantitative estimate of drug-likeness (QED) is 0.256. The molecule has 7 nitrogen and oxygen atoms in total. The minimum Gasteiger partial charge on any atom is -0.382 e. The maximum absolute atomic E-state index is 13.2. The molecule has 9 heteroatoms. The molecule has 1 aromatic heterocycles. The van der Waals surface area contributed by atoms with Crippen LogP contribution >= 0.6 is 24.0 Å². The van der Waals surface area contributed by atoms with Crippen LogP contribution < -0.4 is 11.1 Å². The fourth-order valence-corrected chi connectivity index (χ4v) is 4.92. The van der Waals surface area contributed by atoms with Crippen molar-refractivity contribution in [3.05, 3.63) is 41.3 Å². The van der Waals surface area contributed by atoms with E-state index in [0.717, 1.165) is 43.9 Å². The number of aryl methyl sites for hydroxylation is 1. The third-order valence-corrected chi connectivity index (χ3v) is 6.54. The molecule has 2 aromatic rings. The lowest BCUT2D eigenvalue weighted by Crippen LogP contribution is -2.40. The Bertz CT molecular complexity index is 965. The number of hydrogen-bond acceptors (Lipinski definition) is 4. The Kier molecular flexibility index (Phi) is 8.34. The number of aliphatic imine (C=N–C) groups is 1. The van der Waals surface area contributed by atoms with Gasteiger partial charge >= 0.3 is 0 Å². The molecule has 1 aromatic carbocycles. The molecule has 1 aliphatic heterocycles. The maximum atomic E-state index is 13.2. The number of fused-ring (bicyclic) bond motifs is 1. The van der Waals surface area contributed by atoms with E-state index in [1.54, 1.807) is 12.1 Å². The van der Waals surface area contributed by atoms with E-state index in [9.17, 15) is 9.65 Å². The van der Waals surface area contributed by atoms with Crippen molar-refractivity contribution in [1.29, 1.82) is 5.26 Å². The standard InChI is InChI=1S/C23H30FN7.HI/c1-27-23(30-14-16-5-2-3-6-17(16)15-30)28-12-4-7-21-20(13-25)22(26)31(29-21)19-10-8-18(24)9-11-19;/h8-11,16-17H,2-7,12,14-15,26H2,1H3,(H,27,28);1H. The van der Waals surface area contributed by atoms with Crippen LogP contribution in [0.4, 0.5) is 10.2 Å². The van der Waals surface area contributed by atoms with Crippen LogP contribution in [-0.4, -0.2) is 47.3 Å². The van der Waals surface area contributed by atoms with Gasteiger partial charge in [0.1, 0.15) is 23.3 Å². The first kappa shape index (κ1) is 24.3. The first-order chi connectivity index (χ1) is 15.1. The lowest BCUT2D eigenvalue weighted by molar-refractivity contribution is 0.299. The van der Waals surface area contributed by atoms with Gasteiger partial charge < -0.3 is 16.0 Å². The first-order valence-corrected chi connectivity index (χ1v) is 11.1. The fourth-order valence-electron chi connectivity index (χ4n) is 4.92. The van der Waals surface area contributed by atoms with Crippen LogP contribution in [0.1, 0.15) is 43.4 Å². The van der Waals surface area contributed by atoms with Crippen LogP contribution in [0.25, 0.3) is 5.69 Å². The van der Waals surface area contributed by atoms with Crippen LogP contribution in [0.3, 0.4) is 0 Å². The summed E-state index contributed by atoms with van der Waals surface area (Å²) in [7, 11) is 1.84. The van der Waals surface area contributed by atoms with Crippen molar-refractivity contribution in [2.24, 2.45) is 16.8 Å². The van der Waals surface area contributed by atoms with Crippen molar-refractivity contribution >= 4 is 35.8 Å². The third kappa shape index (κ3) is 5.17. The van der Waals surface area contributed by atoms with Gasteiger partial charge in [-0.15, -0.1) is 24.0 Å². The number of halogens is 2. The smallest absolute Gasteiger partial charge is 0.193 e. The van der Waals surface area contributed by atoms with Gasteiger partial charge in [0, 0.05) is 26.7 Å². The number of nitrogens with one attached hydrogen (secondary N) is 1. The van der Waals surface area contributed by atoms with Crippen LogP contribution in [-0.2, 0) is 6.42 Å². The average Bonchev–Trinajstić information content (AvgIpc) is 3.35. The molecule has 32 heavy (non-hydrogen) atoms. The van der Waals surface area contributed by atoms with Crippen molar-refractivity contribution in [2.75, 3.05) is 32.4 Å². The molecule has 2 fully saturated rings. The largest absolute Gasteiger partial charge is 0.382 e. The summed E-state index contributed by atoms with van der Waals surface area (Å²) in [5, 5.41) is 17.5. The Morgan fingerprint density at radius 2 is 1.91 bits per heavy atom. The van der Waals surface area contributed by atoms with Crippen molar-refractivity contribution in [2.45, 2.75) is 38.5 Å². The number of hydrogen-bond donors (Lipinski definition) is 2. The second-order valence-corrected chi connectivity index (χ2v) is 8.49. The predicted molar refractivity (Wildman–Crippen MR) is 135 cm³/mol. The molecule has 2 atom stereocenters. The molecule has 0 radical (unpaired) electrons. The minimum atomic E-state index is -0.327. The van der Waals surface area contributed by atoms with E-state index in [2.05, 4.69) is 26.4 Å². The molecule has 2 unspecified atom stereocenters. The van der Waals surface area contributed by atoms with Crippen molar-refractivity contribution in [3.8, 4) is 11.8 Å². The lowest BCUT2D eigenvalue weighted by atomic mass is 9.82. The molecule has 0 bridgehead atoms.